The third-order valence-corrected chi connectivity index (χ3v) is 2.47. The van der Waals surface area contributed by atoms with E-state index in [1.165, 1.54) is 13.1 Å². The maximum atomic E-state index is 12.8. The van der Waals surface area contributed by atoms with Crippen LogP contribution in [0.3, 0.4) is 0 Å². The minimum atomic E-state index is -4.67. The van der Waals surface area contributed by atoms with Gasteiger partial charge in [0.1, 0.15) is 0 Å². The van der Waals surface area contributed by atoms with Crippen molar-refractivity contribution < 1.29 is 26.3 Å². The van der Waals surface area contributed by atoms with E-state index < -0.39 is 30.9 Å². The van der Waals surface area contributed by atoms with Gasteiger partial charge in [0.05, 0.1) is 12.0 Å². The number of benzene rings is 1. The van der Waals surface area contributed by atoms with Gasteiger partial charge in [-0.1, -0.05) is 0 Å². The number of hydrogen-bond donors (Lipinski definition) is 1. The zero-order chi connectivity index (χ0) is 14.8. The smallest absolute Gasteiger partial charge is 0.399 e. The van der Waals surface area contributed by atoms with Gasteiger partial charge in [0.15, 0.2) is 0 Å². The normalized spacial score (nSPS) is 12.6. The monoisotopic (exact) mass is 286 g/mol. The van der Waals surface area contributed by atoms with Crippen molar-refractivity contribution >= 4 is 11.4 Å². The second-order valence-electron chi connectivity index (χ2n) is 4.06. The molecule has 0 spiro atoms. The maximum Gasteiger partial charge on any atom is 0.418 e. The van der Waals surface area contributed by atoms with E-state index in [2.05, 4.69) is 0 Å². The first kappa shape index (κ1) is 15.5. The van der Waals surface area contributed by atoms with E-state index in [-0.39, 0.29) is 11.4 Å². The lowest BCUT2D eigenvalue weighted by Crippen LogP contribution is -2.26. The lowest BCUT2D eigenvalue weighted by Gasteiger charge is -2.24. The molecule has 108 valence electrons. The van der Waals surface area contributed by atoms with Crippen LogP contribution in [-0.2, 0) is 6.18 Å². The Kier molecular flexibility index (Phi) is 4.21. The SMILES string of the molecule is CN(CCC(F)(F)F)c1ccc(N)cc1C(F)(F)F. The molecule has 19 heavy (non-hydrogen) atoms. The first-order chi connectivity index (χ1) is 8.50. The van der Waals surface area contributed by atoms with Gasteiger partial charge in [-0.15, -0.1) is 0 Å². The summed E-state index contributed by atoms with van der Waals surface area (Å²) in [7, 11) is 1.17. The predicted molar refractivity (Wildman–Crippen MR) is 59.8 cm³/mol. The van der Waals surface area contributed by atoms with Gasteiger partial charge in [0, 0.05) is 25.0 Å². The molecule has 2 N–H and O–H groups in total. The molecule has 0 amide bonds. The van der Waals surface area contributed by atoms with Crippen molar-refractivity contribution in [1.29, 1.82) is 0 Å². The van der Waals surface area contributed by atoms with Gasteiger partial charge in [0.2, 0.25) is 0 Å². The van der Waals surface area contributed by atoms with E-state index >= 15 is 0 Å². The Labute approximate surface area is 105 Å². The molecule has 0 unspecified atom stereocenters. The lowest BCUT2D eigenvalue weighted by molar-refractivity contribution is -0.137. The highest BCUT2D eigenvalue weighted by Gasteiger charge is 2.35. The number of alkyl halides is 6. The Morgan fingerprint density at radius 2 is 1.68 bits per heavy atom. The minimum absolute atomic E-state index is 0.0969. The number of nitrogens with two attached hydrogens (primary N) is 1. The van der Waals surface area contributed by atoms with E-state index in [1.54, 1.807) is 0 Å². The Balaban J connectivity index is 3.00. The summed E-state index contributed by atoms with van der Waals surface area (Å²) in [4.78, 5) is 0.912. The largest absolute Gasteiger partial charge is 0.418 e. The fourth-order valence-corrected chi connectivity index (χ4v) is 1.53. The highest BCUT2D eigenvalue weighted by molar-refractivity contribution is 5.60. The van der Waals surface area contributed by atoms with Crippen molar-refractivity contribution in [3.05, 3.63) is 23.8 Å². The van der Waals surface area contributed by atoms with Crippen molar-refractivity contribution in [3.63, 3.8) is 0 Å². The van der Waals surface area contributed by atoms with E-state index in [9.17, 15) is 26.3 Å². The summed E-state index contributed by atoms with van der Waals surface area (Å²) in [5, 5.41) is 0. The first-order valence-electron chi connectivity index (χ1n) is 5.25. The molecule has 0 aromatic heterocycles. The number of rotatable bonds is 3. The van der Waals surface area contributed by atoms with Crippen LogP contribution in [0.1, 0.15) is 12.0 Å². The summed E-state index contributed by atoms with van der Waals surface area (Å²) in [6.07, 6.45) is -10.3. The minimum Gasteiger partial charge on any atom is -0.399 e. The number of nitrogen functional groups attached to an aromatic ring is 1. The van der Waals surface area contributed by atoms with E-state index in [1.807, 2.05) is 0 Å². The molecule has 0 aliphatic rings. The summed E-state index contributed by atoms with van der Waals surface area (Å²) in [6, 6.07) is 2.99. The molecular formula is C11H12F6N2. The second kappa shape index (κ2) is 5.18. The van der Waals surface area contributed by atoms with Gasteiger partial charge in [-0.25, -0.2) is 0 Å². The molecule has 0 aliphatic heterocycles. The van der Waals surface area contributed by atoms with Crippen LogP contribution < -0.4 is 10.6 Å². The summed E-state index contributed by atoms with van der Waals surface area (Å²) < 4.78 is 74.5. The second-order valence-corrected chi connectivity index (χ2v) is 4.06. The van der Waals surface area contributed by atoms with E-state index in [0.717, 1.165) is 11.0 Å². The molecule has 0 saturated carbocycles. The average Bonchev–Trinajstić information content (AvgIpc) is 2.23. The van der Waals surface area contributed by atoms with Crippen molar-refractivity contribution in [2.75, 3.05) is 24.2 Å². The molecule has 0 heterocycles. The number of nitrogens with zero attached hydrogens (tertiary/aromatic N) is 1. The van der Waals surface area contributed by atoms with Crippen LogP contribution in [-0.4, -0.2) is 19.8 Å². The highest BCUT2D eigenvalue weighted by Crippen LogP contribution is 2.37. The number of anilines is 2. The summed E-state index contributed by atoms with van der Waals surface area (Å²) in [5.74, 6) is 0. The van der Waals surface area contributed by atoms with Gasteiger partial charge in [0.25, 0.3) is 0 Å². The topological polar surface area (TPSA) is 29.3 Å². The Morgan fingerprint density at radius 3 is 2.16 bits per heavy atom. The van der Waals surface area contributed by atoms with Gasteiger partial charge < -0.3 is 10.6 Å². The van der Waals surface area contributed by atoms with E-state index in [0.29, 0.717) is 6.07 Å². The maximum absolute atomic E-state index is 12.8. The zero-order valence-electron chi connectivity index (χ0n) is 9.94. The van der Waals surface area contributed by atoms with Crippen LogP contribution in [0.2, 0.25) is 0 Å². The van der Waals surface area contributed by atoms with Gasteiger partial charge >= 0.3 is 12.4 Å². The highest BCUT2D eigenvalue weighted by atomic mass is 19.4. The Hall–Kier alpha value is -1.60. The summed E-state index contributed by atoms with van der Waals surface area (Å²) in [5.41, 5.74) is 3.80. The van der Waals surface area contributed by atoms with Crippen molar-refractivity contribution in [1.82, 2.24) is 0 Å². The van der Waals surface area contributed by atoms with Crippen LogP contribution in [0.15, 0.2) is 18.2 Å². The summed E-state index contributed by atoms with van der Waals surface area (Å²) in [6.45, 7) is -0.559. The van der Waals surface area contributed by atoms with Crippen molar-refractivity contribution in [2.45, 2.75) is 18.8 Å². The fraction of sp³-hybridized carbons (Fsp3) is 0.455. The third kappa shape index (κ3) is 4.53. The average molecular weight is 286 g/mol. The zero-order valence-corrected chi connectivity index (χ0v) is 9.94. The molecule has 8 heteroatoms. The van der Waals surface area contributed by atoms with Crippen LogP contribution in [0.5, 0.6) is 0 Å². The molecule has 0 atom stereocenters. The van der Waals surface area contributed by atoms with Crippen molar-refractivity contribution in [3.8, 4) is 0 Å². The molecule has 0 saturated heterocycles. The fourth-order valence-electron chi connectivity index (χ4n) is 1.53. The molecule has 0 aliphatic carbocycles. The molecule has 2 nitrogen and oxygen atoms in total. The molecular weight excluding hydrogens is 274 g/mol. The summed E-state index contributed by atoms with van der Waals surface area (Å²) >= 11 is 0. The molecule has 1 aromatic carbocycles. The first-order valence-corrected chi connectivity index (χ1v) is 5.25. The molecule has 1 rings (SSSR count). The molecule has 0 bridgehead atoms. The van der Waals surface area contributed by atoms with Gasteiger partial charge in [-0.3, -0.25) is 0 Å². The Bertz CT molecular complexity index is 438. The van der Waals surface area contributed by atoms with Gasteiger partial charge in [-0.2, -0.15) is 26.3 Å². The van der Waals surface area contributed by atoms with Crippen molar-refractivity contribution in [2.24, 2.45) is 0 Å². The third-order valence-electron chi connectivity index (χ3n) is 2.47. The van der Waals surface area contributed by atoms with Gasteiger partial charge in [-0.05, 0) is 18.2 Å². The van der Waals surface area contributed by atoms with Crippen LogP contribution in [0.4, 0.5) is 37.7 Å². The molecule has 0 fully saturated rings. The number of halogens is 6. The van der Waals surface area contributed by atoms with Crippen LogP contribution in [0.25, 0.3) is 0 Å². The number of hydrogen-bond acceptors (Lipinski definition) is 2. The predicted octanol–water partition coefficient (Wildman–Crippen LogP) is 3.68. The van der Waals surface area contributed by atoms with Crippen LogP contribution >= 0.6 is 0 Å². The molecule has 0 radical (unpaired) electrons. The molecule has 1 aromatic rings. The van der Waals surface area contributed by atoms with E-state index in [4.69, 9.17) is 5.73 Å². The standard InChI is InChI=1S/C11H12F6N2/c1-19(5-4-10(12,13)14)9-3-2-7(18)6-8(9)11(15,16)17/h2-3,6H,4-5,18H2,1H3. The van der Waals surface area contributed by atoms with Crippen LogP contribution in [0, 0.1) is 0 Å². The quantitative estimate of drug-likeness (QED) is 0.678. The Morgan fingerprint density at radius 1 is 1.11 bits per heavy atom. The lowest BCUT2D eigenvalue weighted by atomic mass is 10.1.